The van der Waals surface area contributed by atoms with Crippen LogP contribution in [0.1, 0.15) is 25.0 Å². The largest absolute Gasteiger partial charge is 0.417 e. The van der Waals surface area contributed by atoms with E-state index < -0.39 is 11.7 Å². The molecule has 0 saturated carbocycles. The first-order valence-corrected chi connectivity index (χ1v) is 6.33. The number of allylic oxidation sites excluding steroid dienone is 1. The van der Waals surface area contributed by atoms with Crippen molar-refractivity contribution in [2.75, 3.05) is 5.32 Å². The third-order valence-electron chi connectivity index (χ3n) is 4.01. The summed E-state index contributed by atoms with van der Waals surface area (Å²) in [6.07, 6.45) is -4.37. The predicted octanol–water partition coefficient (Wildman–Crippen LogP) is 5.08. The molecule has 0 fully saturated rings. The summed E-state index contributed by atoms with van der Waals surface area (Å²) in [6.45, 7) is 7.86. The highest BCUT2D eigenvalue weighted by molar-refractivity contribution is 5.96. The molecule has 1 aliphatic heterocycles. The first-order chi connectivity index (χ1) is 9.23. The number of benzene rings is 2. The van der Waals surface area contributed by atoms with Gasteiger partial charge in [0.25, 0.3) is 0 Å². The van der Waals surface area contributed by atoms with Crippen LogP contribution in [0.15, 0.2) is 42.6 Å². The molecule has 2 aromatic rings. The molecule has 2 aromatic carbocycles. The summed E-state index contributed by atoms with van der Waals surface area (Å²) in [7, 11) is 0. The van der Waals surface area contributed by atoms with Gasteiger partial charge < -0.3 is 5.32 Å². The lowest BCUT2D eigenvalue weighted by molar-refractivity contribution is -0.136. The number of halogens is 3. The van der Waals surface area contributed by atoms with Crippen LogP contribution in [-0.4, -0.2) is 0 Å². The molecule has 1 heterocycles. The van der Waals surface area contributed by atoms with Crippen molar-refractivity contribution < 1.29 is 13.2 Å². The second-order valence-corrected chi connectivity index (χ2v) is 5.62. The molecule has 0 aliphatic carbocycles. The molecular weight excluding hydrogens is 263 g/mol. The SMILES string of the molecule is C=C1Nc2cc(C(F)(F)F)c3ccccc3c2C1(C)C. The molecule has 3 rings (SSSR count). The summed E-state index contributed by atoms with van der Waals surface area (Å²) in [5.41, 5.74) is 1.11. The first kappa shape index (κ1) is 13.0. The van der Waals surface area contributed by atoms with Crippen LogP contribution >= 0.6 is 0 Å². The van der Waals surface area contributed by atoms with Crippen molar-refractivity contribution in [3.8, 4) is 0 Å². The highest BCUT2D eigenvalue weighted by atomic mass is 19.4. The van der Waals surface area contributed by atoms with Crippen molar-refractivity contribution in [2.45, 2.75) is 25.4 Å². The molecule has 0 atom stereocenters. The summed E-state index contributed by atoms with van der Waals surface area (Å²) in [6, 6.07) is 7.85. The van der Waals surface area contributed by atoms with Crippen LogP contribution < -0.4 is 5.32 Å². The maximum atomic E-state index is 13.2. The van der Waals surface area contributed by atoms with Gasteiger partial charge in [0.2, 0.25) is 0 Å². The summed E-state index contributed by atoms with van der Waals surface area (Å²) in [5.74, 6) is 0. The van der Waals surface area contributed by atoms with E-state index in [2.05, 4.69) is 11.9 Å². The van der Waals surface area contributed by atoms with Gasteiger partial charge >= 0.3 is 6.18 Å². The second kappa shape index (κ2) is 3.78. The van der Waals surface area contributed by atoms with E-state index >= 15 is 0 Å². The smallest absolute Gasteiger partial charge is 0.358 e. The Balaban J connectivity index is 2.46. The zero-order valence-electron chi connectivity index (χ0n) is 11.2. The van der Waals surface area contributed by atoms with Crippen LogP contribution in [-0.2, 0) is 11.6 Å². The molecular formula is C16H14F3N. The van der Waals surface area contributed by atoms with Crippen LogP contribution in [0.5, 0.6) is 0 Å². The Morgan fingerprint density at radius 2 is 1.70 bits per heavy atom. The lowest BCUT2D eigenvalue weighted by Gasteiger charge is -2.22. The van der Waals surface area contributed by atoms with Gasteiger partial charge in [0.05, 0.1) is 5.56 Å². The van der Waals surface area contributed by atoms with E-state index in [0.29, 0.717) is 11.1 Å². The highest BCUT2D eigenvalue weighted by Crippen LogP contribution is 2.49. The number of hydrogen-bond donors (Lipinski definition) is 1. The molecule has 20 heavy (non-hydrogen) atoms. The van der Waals surface area contributed by atoms with Gasteiger partial charge in [0.1, 0.15) is 0 Å². The zero-order valence-corrected chi connectivity index (χ0v) is 11.2. The lowest BCUT2D eigenvalue weighted by atomic mass is 9.81. The molecule has 4 heteroatoms. The Hall–Kier alpha value is -1.97. The van der Waals surface area contributed by atoms with E-state index in [-0.39, 0.29) is 10.8 Å². The minimum atomic E-state index is -4.37. The van der Waals surface area contributed by atoms with Crippen molar-refractivity contribution in [3.05, 3.63) is 53.7 Å². The average Bonchev–Trinajstić information content (AvgIpc) is 2.58. The quantitative estimate of drug-likeness (QED) is 0.708. The fraction of sp³-hybridized carbons (Fsp3) is 0.250. The number of nitrogens with one attached hydrogen (secondary N) is 1. The van der Waals surface area contributed by atoms with Gasteiger partial charge in [0.15, 0.2) is 0 Å². The van der Waals surface area contributed by atoms with Crippen molar-refractivity contribution >= 4 is 16.5 Å². The highest BCUT2D eigenvalue weighted by Gasteiger charge is 2.40. The summed E-state index contributed by atoms with van der Waals surface area (Å²) >= 11 is 0. The number of alkyl halides is 3. The Morgan fingerprint density at radius 1 is 1.10 bits per heavy atom. The Labute approximate surface area is 115 Å². The lowest BCUT2D eigenvalue weighted by Crippen LogP contribution is -2.16. The van der Waals surface area contributed by atoms with Crippen LogP contribution in [0.2, 0.25) is 0 Å². The Kier molecular flexibility index (Phi) is 2.46. The van der Waals surface area contributed by atoms with Crippen LogP contribution in [0, 0.1) is 0 Å². The number of fused-ring (bicyclic) bond motifs is 3. The van der Waals surface area contributed by atoms with Gasteiger partial charge in [0, 0.05) is 16.8 Å². The third kappa shape index (κ3) is 1.64. The molecule has 1 nitrogen and oxygen atoms in total. The summed E-state index contributed by atoms with van der Waals surface area (Å²) in [4.78, 5) is 0. The Bertz CT molecular complexity index is 726. The van der Waals surface area contributed by atoms with Crippen LogP contribution in [0.3, 0.4) is 0 Å². The van der Waals surface area contributed by atoms with E-state index in [9.17, 15) is 13.2 Å². The molecule has 0 amide bonds. The monoisotopic (exact) mass is 277 g/mol. The summed E-state index contributed by atoms with van der Waals surface area (Å²) < 4.78 is 39.7. The minimum Gasteiger partial charge on any atom is -0.358 e. The maximum Gasteiger partial charge on any atom is 0.417 e. The summed E-state index contributed by atoms with van der Waals surface area (Å²) in [5, 5.41) is 3.87. The minimum absolute atomic E-state index is 0.239. The van der Waals surface area contributed by atoms with E-state index in [1.54, 1.807) is 18.2 Å². The average molecular weight is 277 g/mol. The molecule has 0 radical (unpaired) electrons. The zero-order chi connectivity index (χ0) is 14.7. The van der Waals surface area contributed by atoms with Crippen molar-refractivity contribution in [2.24, 2.45) is 0 Å². The normalized spacial score (nSPS) is 17.1. The van der Waals surface area contributed by atoms with E-state index in [1.165, 1.54) is 12.1 Å². The molecule has 1 aliphatic rings. The molecule has 0 aromatic heterocycles. The maximum absolute atomic E-state index is 13.2. The third-order valence-corrected chi connectivity index (χ3v) is 4.01. The molecule has 104 valence electrons. The topological polar surface area (TPSA) is 12.0 Å². The van der Waals surface area contributed by atoms with Gasteiger partial charge in [-0.3, -0.25) is 0 Å². The number of rotatable bonds is 0. The number of hydrogen-bond acceptors (Lipinski definition) is 1. The fourth-order valence-electron chi connectivity index (χ4n) is 2.85. The van der Waals surface area contributed by atoms with E-state index in [1.807, 2.05) is 13.8 Å². The fourth-order valence-corrected chi connectivity index (χ4v) is 2.85. The van der Waals surface area contributed by atoms with Crippen molar-refractivity contribution in [1.29, 1.82) is 0 Å². The van der Waals surface area contributed by atoms with Crippen molar-refractivity contribution in [1.82, 2.24) is 0 Å². The van der Waals surface area contributed by atoms with Crippen LogP contribution in [0.25, 0.3) is 10.8 Å². The van der Waals surface area contributed by atoms with Gasteiger partial charge in [-0.15, -0.1) is 0 Å². The molecule has 0 saturated heterocycles. The second-order valence-electron chi connectivity index (χ2n) is 5.62. The molecule has 0 bridgehead atoms. The predicted molar refractivity (Wildman–Crippen MR) is 74.7 cm³/mol. The van der Waals surface area contributed by atoms with E-state index in [4.69, 9.17) is 0 Å². The molecule has 0 spiro atoms. The van der Waals surface area contributed by atoms with Crippen molar-refractivity contribution in [3.63, 3.8) is 0 Å². The standard InChI is InChI=1S/C16H14F3N/c1-9-15(2,3)14-11-7-5-4-6-10(11)12(16(17,18)19)8-13(14)20-9/h4-8,20H,1H2,2-3H3. The van der Waals surface area contributed by atoms with Gasteiger partial charge in [-0.25, -0.2) is 0 Å². The van der Waals surface area contributed by atoms with Gasteiger partial charge in [-0.1, -0.05) is 44.7 Å². The van der Waals surface area contributed by atoms with Gasteiger partial charge in [-0.05, 0) is 22.4 Å². The Morgan fingerprint density at radius 3 is 2.30 bits per heavy atom. The van der Waals surface area contributed by atoms with Gasteiger partial charge in [-0.2, -0.15) is 13.2 Å². The van der Waals surface area contributed by atoms with Crippen LogP contribution in [0.4, 0.5) is 18.9 Å². The van der Waals surface area contributed by atoms with E-state index in [0.717, 1.165) is 11.3 Å². The first-order valence-electron chi connectivity index (χ1n) is 6.33. The molecule has 0 unspecified atom stereocenters. The number of anilines is 1. The molecule has 1 N–H and O–H groups in total.